The van der Waals surface area contributed by atoms with E-state index in [9.17, 15) is 0 Å². The van der Waals surface area contributed by atoms with Crippen LogP contribution in [0.2, 0.25) is 0 Å². The number of rotatable bonds is 4. The van der Waals surface area contributed by atoms with E-state index < -0.39 is 0 Å². The Bertz CT molecular complexity index is 103. The maximum absolute atomic E-state index is 5.69. The Morgan fingerprint density at radius 1 is 1.50 bits per heavy atom. The zero-order chi connectivity index (χ0) is 7.98. The maximum Gasteiger partial charge on any atom is 0.00399 e. The van der Waals surface area contributed by atoms with Crippen molar-refractivity contribution in [2.24, 2.45) is 11.7 Å². The Hall–Kier alpha value is -0.460. The molecule has 0 aliphatic heterocycles. The monoisotopic (exact) mass is 141 g/mol. The highest BCUT2D eigenvalue weighted by Gasteiger charge is 1.90. The minimum atomic E-state index is 0.732. The van der Waals surface area contributed by atoms with E-state index >= 15 is 0 Å². The predicted octanol–water partition coefficient (Wildman–Crippen LogP) is 2.68. The van der Waals surface area contributed by atoms with Crippen molar-refractivity contribution in [2.45, 2.75) is 40.0 Å². The summed E-state index contributed by atoms with van der Waals surface area (Å²) in [4.78, 5) is 0. The molecule has 0 unspecified atom stereocenters. The van der Waals surface area contributed by atoms with Crippen LogP contribution in [-0.4, -0.2) is 0 Å². The Morgan fingerprint density at radius 3 is 2.50 bits per heavy atom. The highest BCUT2D eigenvalue weighted by Crippen LogP contribution is 2.04. The highest BCUT2D eigenvalue weighted by atomic mass is 14.6. The molecule has 0 aromatic carbocycles. The molecule has 1 heteroatoms. The second-order valence-corrected chi connectivity index (χ2v) is 3.16. The van der Waals surface area contributed by atoms with Crippen LogP contribution >= 0.6 is 0 Å². The molecule has 10 heavy (non-hydrogen) atoms. The second kappa shape index (κ2) is 5.33. The minimum absolute atomic E-state index is 0.732. The summed E-state index contributed by atoms with van der Waals surface area (Å²) in [6.07, 6.45) is 5.47. The lowest BCUT2D eigenvalue weighted by Gasteiger charge is -2.00. The first-order chi connectivity index (χ1) is 4.66. The smallest absolute Gasteiger partial charge is 0.00399 e. The average Bonchev–Trinajstić information content (AvgIpc) is 1.85. The van der Waals surface area contributed by atoms with Crippen molar-refractivity contribution in [3.63, 3.8) is 0 Å². The molecule has 0 amide bonds. The van der Waals surface area contributed by atoms with E-state index in [0.717, 1.165) is 30.9 Å². The van der Waals surface area contributed by atoms with Gasteiger partial charge in [0.2, 0.25) is 0 Å². The first-order valence-corrected chi connectivity index (χ1v) is 4.11. The SMILES string of the molecule is CCC/C(N)=C\CC(C)C. The van der Waals surface area contributed by atoms with Crippen molar-refractivity contribution in [1.82, 2.24) is 0 Å². The lowest BCUT2D eigenvalue weighted by molar-refractivity contribution is 0.657. The lowest BCUT2D eigenvalue weighted by Crippen LogP contribution is -1.97. The molecule has 60 valence electrons. The molecule has 0 saturated heterocycles. The van der Waals surface area contributed by atoms with E-state index in [1.54, 1.807) is 0 Å². The van der Waals surface area contributed by atoms with Gasteiger partial charge in [0, 0.05) is 5.70 Å². The topological polar surface area (TPSA) is 26.0 Å². The Balaban J connectivity index is 3.47. The van der Waals surface area contributed by atoms with Crippen LogP contribution < -0.4 is 5.73 Å². The van der Waals surface area contributed by atoms with E-state index in [0.29, 0.717) is 0 Å². The first kappa shape index (κ1) is 9.54. The van der Waals surface area contributed by atoms with Crippen molar-refractivity contribution in [2.75, 3.05) is 0 Å². The third-order valence-corrected chi connectivity index (χ3v) is 1.39. The molecule has 0 aliphatic rings. The van der Waals surface area contributed by atoms with Crippen LogP contribution in [0.3, 0.4) is 0 Å². The van der Waals surface area contributed by atoms with Crippen molar-refractivity contribution in [3.05, 3.63) is 11.8 Å². The van der Waals surface area contributed by atoms with Gasteiger partial charge in [-0.15, -0.1) is 0 Å². The van der Waals surface area contributed by atoms with Crippen LogP contribution in [0.1, 0.15) is 40.0 Å². The number of hydrogen-bond acceptors (Lipinski definition) is 1. The third kappa shape index (κ3) is 5.67. The largest absolute Gasteiger partial charge is 0.402 e. The van der Waals surface area contributed by atoms with Gasteiger partial charge in [0.1, 0.15) is 0 Å². The van der Waals surface area contributed by atoms with E-state index in [1.165, 1.54) is 0 Å². The van der Waals surface area contributed by atoms with Gasteiger partial charge >= 0.3 is 0 Å². The molecule has 0 aromatic rings. The van der Waals surface area contributed by atoms with Crippen molar-refractivity contribution < 1.29 is 0 Å². The Kier molecular flexibility index (Phi) is 5.09. The standard InChI is InChI=1S/C9H19N/c1-4-5-9(10)7-6-8(2)3/h7-8H,4-6,10H2,1-3H3/b9-7+. The summed E-state index contributed by atoms with van der Waals surface area (Å²) in [6, 6.07) is 0. The molecule has 0 fully saturated rings. The zero-order valence-corrected chi connectivity index (χ0v) is 7.35. The van der Waals surface area contributed by atoms with Crippen LogP contribution in [-0.2, 0) is 0 Å². The van der Waals surface area contributed by atoms with Gasteiger partial charge in [-0.05, 0) is 18.8 Å². The summed E-state index contributed by atoms with van der Waals surface area (Å²) in [7, 11) is 0. The molecular weight excluding hydrogens is 122 g/mol. The van der Waals surface area contributed by atoms with Crippen LogP contribution in [0.5, 0.6) is 0 Å². The van der Waals surface area contributed by atoms with Gasteiger partial charge in [0.15, 0.2) is 0 Å². The summed E-state index contributed by atoms with van der Waals surface area (Å²) in [5.74, 6) is 0.732. The number of nitrogens with two attached hydrogens (primary N) is 1. The molecule has 1 nitrogen and oxygen atoms in total. The van der Waals surface area contributed by atoms with E-state index in [2.05, 4.69) is 26.8 Å². The molecule has 0 radical (unpaired) electrons. The summed E-state index contributed by atoms with van der Waals surface area (Å²) in [6.45, 7) is 6.56. The quantitative estimate of drug-likeness (QED) is 0.640. The van der Waals surface area contributed by atoms with Gasteiger partial charge < -0.3 is 5.73 Å². The lowest BCUT2D eigenvalue weighted by atomic mass is 10.1. The summed E-state index contributed by atoms with van der Waals surface area (Å²) >= 11 is 0. The summed E-state index contributed by atoms with van der Waals surface area (Å²) < 4.78 is 0. The zero-order valence-electron chi connectivity index (χ0n) is 7.35. The second-order valence-electron chi connectivity index (χ2n) is 3.16. The average molecular weight is 141 g/mol. The molecule has 0 saturated carbocycles. The van der Waals surface area contributed by atoms with Crippen molar-refractivity contribution in [1.29, 1.82) is 0 Å². The van der Waals surface area contributed by atoms with Gasteiger partial charge in [0.25, 0.3) is 0 Å². The third-order valence-electron chi connectivity index (χ3n) is 1.39. The van der Waals surface area contributed by atoms with Crippen LogP contribution in [0, 0.1) is 5.92 Å². The van der Waals surface area contributed by atoms with Crippen molar-refractivity contribution >= 4 is 0 Å². The highest BCUT2D eigenvalue weighted by molar-refractivity contribution is 4.95. The molecule has 0 atom stereocenters. The molecule has 2 N–H and O–H groups in total. The van der Waals surface area contributed by atoms with Crippen LogP contribution in [0.4, 0.5) is 0 Å². The summed E-state index contributed by atoms with van der Waals surface area (Å²) in [5, 5.41) is 0. The van der Waals surface area contributed by atoms with Gasteiger partial charge in [-0.1, -0.05) is 33.3 Å². The van der Waals surface area contributed by atoms with E-state index in [-0.39, 0.29) is 0 Å². The minimum Gasteiger partial charge on any atom is -0.402 e. The molecule has 0 spiro atoms. The molecule has 0 aliphatic carbocycles. The number of hydrogen-bond donors (Lipinski definition) is 1. The van der Waals surface area contributed by atoms with Crippen molar-refractivity contribution in [3.8, 4) is 0 Å². The van der Waals surface area contributed by atoms with E-state index in [4.69, 9.17) is 5.73 Å². The molecule has 0 aromatic heterocycles. The normalized spacial score (nSPS) is 12.6. The fourth-order valence-electron chi connectivity index (χ4n) is 0.778. The number of allylic oxidation sites excluding steroid dienone is 2. The van der Waals surface area contributed by atoms with Gasteiger partial charge in [-0.25, -0.2) is 0 Å². The van der Waals surface area contributed by atoms with Gasteiger partial charge in [0.05, 0.1) is 0 Å². The molecular formula is C9H19N. The van der Waals surface area contributed by atoms with Gasteiger partial charge in [-0.2, -0.15) is 0 Å². The Morgan fingerprint density at radius 2 is 2.10 bits per heavy atom. The predicted molar refractivity (Wildman–Crippen MR) is 46.6 cm³/mol. The fourth-order valence-corrected chi connectivity index (χ4v) is 0.778. The molecule has 0 bridgehead atoms. The van der Waals surface area contributed by atoms with Crippen LogP contribution in [0.15, 0.2) is 11.8 Å². The maximum atomic E-state index is 5.69. The molecule has 0 rings (SSSR count). The van der Waals surface area contributed by atoms with E-state index in [1.807, 2.05) is 0 Å². The summed E-state index contributed by atoms with van der Waals surface area (Å²) in [5.41, 5.74) is 6.75. The molecule has 0 heterocycles. The van der Waals surface area contributed by atoms with Crippen LogP contribution in [0.25, 0.3) is 0 Å². The fraction of sp³-hybridized carbons (Fsp3) is 0.778. The Labute approximate surface area is 64.3 Å². The van der Waals surface area contributed by atoms with Gasteiger partial charge in [-0.3, -0.25) is 0 Å². The first-order valence-electron chi connectivity index (χ1n) is 4.11.